The first kappa shape index (κ1) is 14.3. The molecule has 0 bridgehead atoms. The van der Waals surface area contributed by atoms with E-state index < -0.39 is 0 Å². The monoisotopic (exact) mass is 272 g/mol. The third kappa shape index (κ3) is 3.96. The van der Waals surface area contributed by atoms with E-state index in [4.69, 9.17) is 9.47 Å². The topological polar surface area (TPSA) is 43.4 Å². The molecule has 0 amide bonds. The Labute approximate surface area is 119 Å². The van der Waals surface area contributed by atoms with Crippen molar-refractivity contribution in [3.63, 3.8) is 0 Å². The predicted octanol–water partition coefficient (Wildman–Crippen LogP) is 3.24. The van der Waals surface area contributed by atoms with Crippen LogP contribution in [0.5, 0.6) is 5.88 Å². The molecule has 4 nitrogen and oxygen atoms in total. The maximum absolute atomic E-state index is 5.49. The van der Waals surface area contributed by atoms with E-state index in [1.54, 1.807) is 13.3 Å². The van der Waals surface area contributed by atoms with Crippen molar-refractivity contribution in [2.75, 3.05) is 19.0 Å². The summed E-state index contributed by atoms with van der Waals surface area (Å²) in [5, 5.41) is 3.36. The summed E-state index contributed by atoms with van der Waals surface area (Å²) in [6, 6.07) is 12.2. The summed E-state index contributed by atoms with van der Waals surface area (Å²) in [6.45, 7) is 3.91. The Morgan fingerprint density at radius 2 is 2.00 bits per heavy atom. The minimum absolute atomic E-state index is 0.606. The van der Waals surface area contributed by atoms with Crippen LogP contribution in [-0.4, -0.2) is 18.7 Å². The molecule has 2 aromatic rings. The fourth-order valence-corrected chi connectivity index (χ4v) is 1.97. The quantitative estimate of drug-likeness (QED) is 0.840. The largest absolute Gasteiger partial charge is 0.476 e. The second kappa shape index (κ2) is 7.50. The van der Waals surface area contributed by atoms with Gasteiger partial charge in [0.25, 0.3) is 0 Å². The zero-order chi connectivity index (χ0) is 14.2. The summed E-state index contributed by atoms with van der Waals surface area (Å²) < 4.78 is 10.6. The molecule has 1 heterocycles. The van der Waals surface area contributed by atoms with Crippen LogP contribution in [0.25, 0.3) is 0 Å². The molecule has 1 aromatic carbocycles. The van der Waals surface area contributed by atoms with Crippen LogP contribution >= 0.6 is 0 Å². The first-order valence-electron chi connectivity index (χ1n) is 6.72. The van der Waals surface area contributed by atoms with Gasteiger partial charge in [0.2, 0.25) is 5.88 Å². The molecule has 0 unspecified atom stereocenters. The van der Waals surface area contributed by atoms with Crippen LogP contribution < -0.4 is 10.1 Å². The summed E-state index contributed by atoms with van der Waals surface area (Å²) in [5.41, 5.74) is 3.28. The van der Waals surface area contributed by atoms with Gasteiger partial charge in [-0.05, 0) is 30.2 Å². The van der Waals surface area contributed by atoms with E-state index in [1.165, 1.54) is 11.1 Å². The van der Waals surface area contributed by atoms with Crippen molar-refractivity contribution in [2.24, 2.45) is 0 Å². The van der Waals surface area contributed by atoms with Crippen molar-refractivity contribution >= 4 is 5.69 Å². The molecule has 0 fully saturated rings. The molecular weight excluding hydrogens is 252 g/mol. The van der Waals surface area contributed by atoms with Gasteiger partial charge in [0.1, 0.15) is 0 Å². The number of nitrogens with one attached hydrogen (secondary N) is 1. The van der Waals surface area contributed by atoms with E-state index >= 15 is 0 Å². The van der Waals surface area contributed by atoms with Crippen LogP contribution in [0.4, 0.5) is 5.69 Å². The van der Waals surface area contributed by atoms with Crippen molar-refractivity contribution in [2.45, 2.75) is 20.1 Å². The lowest BCUT2D eigenvalue weighted by atomic mass is 10.1. The Balaban J connectivity index is 2.03. The Morgan fingerprint density at radius 1 is 1.15 bits per heavy atom. The smallest absolute Gasteiger partial charge is 0.237 e. The molecule has 0 aliphatic carbocycles. The molecule has 0 saturated carbocycles. The van der Waals surface area contributed by atoms with Crippen LogP contribution in [0.2, 0.25) is 0 Å². The highest BCUT2D eigenvalue weighted by Crippen LogP contribution is 2.21. The molecule has 106 valence electrons. The van der Waals surface area contributed by atoms with Crippen LogP contribution in [0.1, 0.15) is 18.1 Å². The third-order valence-corrected chi connectivity index (χ3v) is 2.84. The number of nitrogens with zero attached hydrogens (tertiary/aromatic N) is 1. The maximum Gasteiger partial charge on any atom is 0.237 e. The molecule has 1 aromatic heterocycles. The predicted molar refractivity (Wildman–Crippen MR) is 79.9 cm³/mol. The highest BCUT2D eigenvalue weighted by molar-refractivity contribution is 5.52. The SMILES string of the molecule is CCOc1ncccc1NCc1cccc(COC)c1. The highest BCUT2D eigenvalue weighted by Gasteiger charge is 2.03. The highest BCUT2D eigenvalue weighted by atomic mass is 16.5. The number of methoxy groups -OCH3 is 1. The molecule has 20 heavy (non-hydrogen) atoms. The first-order valence-corrected chi connectivity index (χ1v) is 6.72. The molecule has 0 radical (unpaired) electrons. The van der Waals surface area contributed by atoms with Gasteiger partial charge in [-0.2, -0.15) is 0 Å². The number of hydrogen-bond acceptors (Lipinski definition) is 4. The van der Waals surface area contributed by atoms with Gasteiger partial charge in [0.15, 0.2) is 0 Å². The summed E-state index contributed by atoms with van der Waals surface area (Å²) in [5.74, 6) is 0.642. The normalized spacial score (nSPS) is 10.3. The third-order valence-electron chi connectivity index (χ3n) is 2.84. The Kier molecular flexibility index (Phi) is 5.38. The van der Waals surface area contributed by atoms with E-state index in [2.05, 4.69) is 28.5 Å². The molecule has 0 aliphatic rings. The average molecular weight is 272 g/mol. The second-order valence-corrected chi connectivity index (χ2v) is 4.40. The number of rotatable bonds is 7. The molecule has 0 aliphatic heterocycles. The summed E-state index contributed by atoms with van der Waals surface area (Å²) >= 11 is 0. The van der Waals surface area contributed by atoms with Crippen LogP contribution in [0, 0.1) is 0 Å². The Hall–Kier alpha value is -2.07. The number of pyridine rings is 1. The van der Waals surface area contributed by atoms with Gasteiger partial charge in [-0.3, -0.25) is 0 Å². The fraction of sp³-hybridized carbons (Fsp3) is 0.312. The van der Waals surface area contributed by atoms with Gasteiger partial charge in [0, 0.05) is 19.9 Å². The van der Waals surface area contributed by atoms with Crippen LogP contribution in [0.3, 0.4) is 0 Å². The zero-order valence-electron chi connectivity index (χ0n) is 11.9. The van der Waals surface area contributed by atoms with E-state index in [0.29, 0.717) is 19.1 Å². The average Bonchev–Trinajstić information content (AvgIpc) is 2.47. The van der Waals surface area contributed by atoms with Crippen molar-refractivity contribution in [1.29, 1.82) is 0 Å². The maximum atomic E-state index is 5.49. The van der Waals surface area contributed by atoms with Crippen molar-refractivity contribution in [1.82, 2.24) is 4.98 Å². The molecule has 1 N–H and O–H groups in total. The molecular formula is C16H20N2O2. The molecule has 0 spiro atoms. The zero-order valence-corrected chi connectivity index (χ0v) is 11.9. The van der Waals surface area contributed by atoms with Gasteiger partial charge >= 0.3 is 0 Å². The lowest BCUT2D eigenvalue weighted by Gasteiger charge is -2.11. The van der Waals surface area contributed by atoms with E-state index in [1.807, 2.05) is 25.1 Å². The van der Waals surface area contributed by atoms with Gasteiger partial charge in [-0.15, -0.1) is 0 Å². The molecule has 0 saturated heterocycles. The number of benzene rings is 1. The molecule has 0 atom stereocenters. The fourth-order valence-electron chi connectivity index (χ4n) is 1.97. The van der Waals surface area contributed by atoms with Crippen LogP contribution in [-0.2, 0) is 17.9 Å². The van der Waals surface area contributed by atoms with Gasteiger partial charge in [-0.25, -0.2) is 4.98 Å². The van der Waals surface area contributed by atoms with Gasteiger partial charge in [0.05, 0.1) is 18.9 Å². The van der Waals surface area contributed by atoms with Crippen molar-refractivity contribution in [3.8, 4) is 5.88 Å². The number of ether oxygens (including phenoxy) is 2. The molecule has 4 heteroatoms. The van der Waals surface area contributed by atoms with E-state index in [9.17, 15) is 0 Å². The summed E-state index contributed by atoms with van der Waals surface area (Å²) in [6.07, 6.45) is 1.73. The minimum Gasteiger partial charge on any atom is -0.476 e. The minimum atomic E-state index is 0.606. The van der Waals surface area contributed by atoms with E-state index in [0.717, 1.165) is 12.2 Å². The standard InChI is InChI=1S/C16H20N2O2/c1-3-20-16-15(8-5-9-17-16)18-11-13-6-4-7-14(10-13)12-19-2/h4-10,18H,3,11-12H2,1-2H3. The summed E-state index contributed by atoms with van der Waals surface area (Å²) in [7, 11) is 1.70. The van der Waals surface area contributed by atoms with Crippen molar-refractivity contribution < 1.29 is 9.47 Å². The number of aromatic nitrogens is 1. The van der Waals surface area contributed by atoms with E-state index in [-0.39, 0.29) is 0 Å². The van der Waals surface area contributed by atoms with Crippen LogP contribution in [0.15, 0.2) is 42.6 Å². The lowest BCUT2D eigenvalue weighted by Crippen LogP contribution is -2.04. The number of anilines is 1. The molecule has 2 rings (SSSR count). The first-order chi connectivity index (χ1) is 9.83. The van der Waals surface area contributed by atoms with Gasteiger partial charge in [-0.1, -0.05) is 24.3 Å². The number of hydrogen-bond donors (Lipinski definition) is 1. The Bertz CT molecular complexity index is 544. The lowest BCUT2D eigenvalue weighted by molar-refractivity contribution is 0.185. The Morgan fingerprint density at radius 3 is 2.80 bits per heavy atom. The summed E-state index contributed by atoms with van der Waals surface area (Å²) in [4.78, 5) is 4.22. The van der Waals surface area contributed by atoms with Gasteiger partial charge < -0.3 is 14.8 Å². The van der Waals surface area contributed by atoms with Crippen molar-refractivity contribution in [3.05, 3.63) is 53.7 Å². The second-order valence-electron chi connectivity index (χ2n) is 4.40.